The molecule has 6 nitrogen and oxygen atoms in total. The molecule has 0 atom stereocenters. The molecule has 0 saturated carbocycles. The molecule has 0 spiro atoms. The lowest BCUT2D eigenvalue weighted by molar-refractivity contribution is -0.109. The topological polar surface area (TPSA) is 69.0 Å². The van der Waals surface area contributed by atoms with Crippen molar-refractivity contribution in [1.29, 1.82) is 0 Å². The number of rotatable bonds is 9. The highest BCUT2D eigenvalue weighted by molar-refractivity contribution is 5.45. The van der Waals surface area contributed by atoms with Gasteiger partial charge in [0.1, 0.15) is 11.6 Å². The highest BCUT2D eigenvalue weighted by atomic mass is 16.5. The zero-order chi connectivity index (χ0) is 18.2. The predicted molar refractivity (Wildman–Crippen MR) is 98.9 cm³/mol. The molecule has 0 unspecified atom stereocenters. The summed E-state index contributed by atoms with van der Waals surface area (Å²) < 4.78 is 7.28. The molecule has 0 radical (unpaired) electrons. The maximum absolute atomic E-state index is 10.7. The van der Waals surface area contributed by atoms with Crippen LogP contribution in [0.2, 0.25) is 0 Å². The predicted octanol–water partition coefficient (Wildman–Crippen LogP) is 2.37. The van der Waals surface area contributed by atoms with E-state index in [1.165, 1.54) is 5.56 Å². The van der Waals surface area contributed by atoms with Crippen molar-refractivity contribution in [2.24, 2.45) is 0 Å². The molecule has 26 heavy (non-hydrogen) atoms. The van der Waals surface area contributed by atoms with Crippen LogP contribution in [0.1, 0.15) is 22.8 Å². The van der Waals surface area contributed by atoms with E-state index in [1.54, 1.807) is 7.11 Å². The molecule has 3 aromatic rings. The molecule has 0 fully saturated rings. The first kappa shape index (κ1) is 17.7. The van der Waals surface area contributed by atoms with Gasteiger partial charge in [0.15, 0.2) is 5.82 Å². The zero-order valence-electron chi connectivity index (χ0n) is 14.8. The minimum Gasteiger partial charge on any atom is -0.497 e. The Kier molecular flexibility index (Phi) is 5.98. The molecule has 0 aliphatic carbocycles. The summed E-state index contributed by atoms with van der Waals surface area (Å²) in [5.74, 6) is 2.48. The van der Waals surface area contributed by atoms with Crippen LogP contribution in [0.3, 0.4) is 0 Å². The monoisotopic (exact) mass is 350 g/mol. The summed E-state index contributed by atoms with van der Waals surface area (Å²) in [6, 6.07) is 18.2. The van der Waals surface area contributed by atoms with Gasteiger partial charge in [-0.15, -0.1) is 10.2 Å². The minimum absolute atomic E-state index is 0.359. The SMILES string of the molecule is COc1ccc(Cn2c(CCc3ccccc3)nnc2CNC=O)cc1. The third-order valence-electron chi connectivity index (χ3n) is 4.23. The Morgan fingerprint density at radius 2 is 1.69 bits per heavy atom. The average Bonchev–Trinajstić information content (AvgIpc) is 3.07. The van der Waals surface area contributed by atoms with Crippen LogP contribution in [0.25, 0.3) is 0 Å². The molecule has 0 bridgehead atoms. The zero-order valence-corrected chi connectivity index (χ0v) is 14.8. The molecule has 3 rings (SSSR count). The van der Waals surface area contributed by atoms with Crippen LogP contribution < -0.4 is 10.1 Å². The lowest BCUT2D eigenvalue weighted by atomic mass is 10.1. The second kappa shape index (κ2) is 8.80. The molecule has 6 heteroatoms. The van der Waals surface area contributed by atoms with E-state index in [1.807, 2.05) is 42.5 Å². The molecule has 134 valence electrons. The fourth-order valence-corrected chi connectivity index (χ4v) is 2.82. The molecular weight excluding hydrogens is 328 g/mol. The minimum atomic E-state index is 0.359. The van der Waals surface area contributed by atoms with Crippen LogP contribution in [0.4, 0.5) is 0 Å². The molecule has 0 aliphatic rings. The Morgan fingerprint density at radius 1 is 0.962 bits per heavy atom. The van der Waals surface area contributed by atoms with Crippen molar-refractivity contribution in [3.63, 3.8) is 0 Å². The Hall–Kier alpha value is -3.15. The number of aromatic nitrogens is 3. The fraction of sp³-hybridized carbons (Fsp3) is 0.250. The van der Waals surface area contributed by atoms with Gasteiger partial charge in [-0.25, -0.2) is 0 Å². The Bertz CT molecular complexity index is 829. The van der Waals surface area contributed by atoms with Crippen molar-refractivity contribution in [3.05, 3.63) is 77.4 Å². The van der Waals surface area contributed by atoms with Gasteiger partial charge in [-0.1, -0.05) is 42.5 Å². The maximum Gasteiger partial charge on any atom is 0.207 e. The third-order valence-corrected chi connectivity index (χ3v) is 4.23. The quantitative estimate of drug-likeness (QED) is 0.602. The number of nitrogens with one attached hydrogen (secondary N) is 1. The van der Waals surface area contributed by atoms with E-state index in [9.17, 15) is 4.79 Å². The van der Waals surface area contributed by atoms with Crippen molar-refractivity contribution in [2.45, 2.75) is 25.9 Å². The Morgan fingerprint density at radius 3 is 2.38 bits per heavy atom. The number of carbonyl (C=O) groups is 1. The first-order valence-corrected chi connectivity index (χ1v) is 8.55. The van der Waals surface area contributed by atoms with Gasteiger partial charge in [0, 0.05) is 6.42 Å². The average molecular weight is 350 g/mol. The number of nitrogens with zero attached hydrogens (tertiary/aromatic N) is 3. The number of aryl methyl sites for hydroxylation is 2. The van der Waals surface area contributed by atoms with E-state index in [4.69, 9.17) is 4.74 Å². The summed E-state index contributed by atoms with van der Waals surface area (Å²) in [5, 5.41) is 11.3. The number of hydrogen-bond acceptors (Lipinski definition) is 4. The van der Waals surface area contributed by atoms with Crippen LogP contribution in [-0.4, -0.2) is 28.3 Å². The summed E-state index contributed by atoms with van der Waals surface area (Å²) in [6.45, 7) is 1.01. The lowest BCUT2D eigenvalue weighted by Gasteiger charge is -2.11. The van der Waals surface area contributed by atoms with Gasteiger partial charge in [-0.3, -0.25) is 4.79 Å². The molecule has 0 aliphatic heterocycles. The first-order valence-electron chi connectivity index (χ1n) is 8.55. The summed E-state index contributed by atoms with van der Waals surface area (Å²) >= 11 is 0. The fourth-order valence-electron chi connectivity index (χ4n) is 2.82. The lowest BCUT2D eigenvalue weighted by Crippen LogP contribution is -2.17. The van der Waals surface area contributed by atoms with Crippen LogP contribution in [0.5, 0.6) is 5.75 Å². The van der Waals surface area contributed by atoms with E-state index < -0.39 is 0 Å². The van der Waals surface area contributed by atoms with Crippen molar-refractivity contribution >= 4 is 6.41 Å². The van der Waals surface area contributed by atoms with E-state index in [-0.39, 0.29) is 0 Å². The van der Waals surface area contributed by atoms with Gasteiger partial charge in [0.25, 0.3) is 0 Å². The molecule has 1 aromatic heterocycles. The standard InChI is InChI=1S/C20H22N4O2/c1-26-18-10-7-17(8-11-18)14-24-19(22-23-20(24)13-21-15-25)12-9-16-5-3-2-4-6-16/h2-8,10-11,15H,9,12-14H2,1H3,(H,21,25). The second-order valence-electron chi connectivity index (χ2n) is 5.95. The van der Waals surface area contributed by atoms with E-state index in [2.05, 4.69) is 32.2 Å². The molecule has 1 heterocycles. The second-order valence-corrected chi connectivity index (χ2v) is 5.95. The maximum atomic E-state index is 10.7. The normalized spacial score (nSPS) is 10.5. The number of benzene rings is 2. The molecule has 1 N–H and O–H groups in total. The van der Waals surface area contributed by atoms with Crippen LogP contribution in [0, 0.1) is 0 Å². The van der Waals surface area contributed by atoms with E-state index in [0.717, 1.165) is 35.8 Å². The summed E-state index contributed by atoms with van der Waals surface area (Å²) in [4.78, 5) is 10.7. The number of hydrogen-bond donors (Lipinski definition) is 1. The van der Waals surface area contributed by atoms with Crippen molar-refractivity contribution in [3.8, 4) is 5.75 Å². The van der Waals surface area contributed by atoms with Crippen LogP contribution >= 0.6 is 0 Å². The third kappa shape index (κ3) is 4.47. The van der Waals surface area contributed by atoms with Crippen molar-refractivity contribution < 1.29 is 9.53 Å². The highest BCUT2D eigenvalue weighted by Gasteiger charge is 2.12. The number of ether oxygens (including phenoxy) is 1. The van der Waals surface area contributed by atoms with Gasteiger partial charge < -0.3 is 14.6 Å². The van der Waals surface area contributed by atoms with Crippen LogP contribution in [-0.2, 0) is 30.7 Å². The van der Waals surface area contributed by atoms with Gasteiger partial charge in [0.2, 0.25) is 6.41 Å². The molecule has 0 saturated heterocycles. The van der Waals surface area contributed by atoms with Crippen molar-refractivity contribution in [1.82, 2.24) is 20.1 Å². The first-order chi connectivity index (χ1) is 12.8. The van der Waals surface area contributed by atoms with Gasteiger partial charge in [-0.05, 0) is 29.7 Å². The molecular formula is C20H22N4O2. The largest absolute Gasteiger partial charge is 0.497 e. The van der Waals surface area contributed by atoms with Gasteiger partial charge in [0.05, 0.1) is 20.2 Å². The van der Waals surface area contributed by atoms with Gasteiger partial charge in [-0.2, -0.15) is 0 Å². The van der Waals surface area contributed by atoms with E-state index in [0.29, 0.717) is 19.5 Å². The van der Waals surface area contributed by atoms with Crippen molar-refractivity contribution in [2.75, 3.05) is 7.11 Å². The number of amides is 1. The van der Waals surface area contributed by atoms with E-state index >= 15 is 0 Å². The summed E-state index contributed by atoms with van der Waals surface area (Å²) in [5.41, 5.74) is 2.39. The Labute approximate surface area is 152 Å². The molecule has 1 amide bonds. The Balaban J connectivity index is 1.79. The highest BCUT2D eigenvalue weighted by Crippen LogP contribution is 2.15. The van der Waals surface area contributed by atoms with Gasteiger partial charge >= 0.3 is 0 Å². The summed E-state index contributed by atoms with van der Waals surface area (Å²) in [6.07, 6.45) is 2.35. The summed E-state index contributed by atoms with van der Waals surface area (Å²) in [7, 11) is 1.65. The van der Waals surface area contributed by atoms with Crippen LogP contribution in [0.15, 0.2) is 54.6 Å². The number of methoxy groups -OCH3 is 1. The molecule has 2 aromatic carbocycles. The smallest absolute Gasteiger partial charge is 0.207 e. The number of carbonyl (C=O) groups excluding carboxylic acids is 1.